The molecule has 1 heterocycles. The number of esters is 1. The largest absolute Gasteiger partial charge is 0.468 e. The van der Waals surface area contributed by atoms with Gasteiger partial charge in [0.25, 0.3) is 0 Å². The molecule has 0 aromatic carbocycles. The quantitative estimate of drug-likeness (QED) is 0.574. The van der Waals surface area contributed by atoms with Gasteiger partial charge in [-0.25, -0.2) is 13.6 Å². The third-order valence-electron chi connectivity index (χ3n) is 2.56. The number of carbonyl (C=O) groups excluding carboxylic acids is 2. The van der Waals surface area contributed by atoms with Crippen molar-refractivity contribution in [2.75, 3.05) is 7.11 Å². The first kappa shape index (κ1) is 16.6. The Bertz CT molecular complexity index is 594. The zero-order valence-corrected chi connectivity index (χ0v) is 12.7. The number of thiophene rings is 1. The van der Waals surface area contributed by atoms with E-state index in [1.165, 1.54) is 13.2 Å². The van der Waals surface area contributed by atoms with Crippen LogP contribution in [0.1, 0.15) is 18.2 Å². The number of hydrogen-bond donors (Lipinski definition) is 2. The van der Waals surface area contributed by atoms with Crippen molar-refractivity contribution in [1.29, 1.82) is 0 Å². The predicted octanol–water partition coefficient (Wildman–Crippen LogP) is 0.211. The summed E-state index contributed by atoms with van der Waals surface area (Å²) in [6, 6.07) is 2.93. The van der Waals surface area contributed by atoms with Crippen LogP contribution in [0, 0.1) is 5.92 Å². The molecule has 0 aliphatic rings. The molecule has 0 aliphatic heterocycles. The van der Waals surface area contributed by atoms with Crippen molar-refractivity contribution in [3.05, 3.63) is 17.0 Å². The second-order valence-electron chi connectivity index (χ2n) is 3.97. The molecular formula is C11H16N2O5S2. The summed E-state index contributed by atoms with van der Waals surface area (Å²) >= 11 is 0.971. The summed E-state index contributed by atoms with van der Waals surface area (Å²) in [5.74, 6) is -1.91. The Morgan fingerprint density at radius 3 is 2.55 bits per heavy atom. The number of rotatable bonds is 6. The van der Waals surface area contributed by atoms with E-state index in [4.69, 9.17) is 5.14 Å². The van der Waals surface area contributed by atoms with Crippen LogP contribution in [0.5, 0.6) is 0 Å². The summed E-state index contributed by atoms with van der Waals surface area (Å²) in [4.78, 5) is 23.8. The Labute approximate surface area is 121 Å². The molecule has 20 heavy (non-hydrogen) atoms. The molecule has 1 unspecified atom stereocenters. The Kier molecular flexibility index (Phi) is 5.66. The maximum atomic E-state index is 11.8. The van der Waals surface area contributed by atoms with Crippen LogP contribution in [0.2, 0.25) is 0 Å². The maximum absolute atomic E-state index is 11.8. The zero-order chi connectivity index (χ0) is 15.3. The number of sulfonamides is 1. The van der Waals surface area contributed by atoms with Crippen molar-refractivity contribution >= 4 is 33.2 Å². The monoisotopic (exact) mass is 320 g/mol. The van der Waals surface area contributed by atoms with E-state index in [-0.39, 0.29) is 10.8 Å². The van der Waals surface area contributed by atoms with Crippen LogP contribution in [0.15, 0.2) is 16.3 Å². The Hall–Kier alpha value is -1.45. The highest BCUT2D eigenvalue weighted by Crippen LogP contribution is 2.20. The first-order valence-corrected chi connectivity index (χ1v) is 8.13. The maximum Gasteiger partial charge on any atom is 0.318 e. The number of nitrogens with one attached hydrogen (secondary N) is 1. The van der Waals surface area contributed by atoms with Crippen LogP contribution in [-0.2, 0) is 30.9 Å². The van der Waals surface area contributed by atoms with Gasteiger partial charge in [0, 0.05) is 4.88 Å². The average molecular weight is 320 g/mol. The molecule has 0 fully saturated rings. The summed E-state index contributed by atoms with van der Waals surface area (Å²) in [5, 5.41) is 7.55. The van der Waals surface area contributed by atoms with Crippen LogP contribution >= 0.6 is 11.3 Å². The molecule has 1 atom stereocenters. The van der Waals surface area contributed by atoms with Gasteiger partial charge in [-0.15, -0.1) is 11.3 Å². The zero-order valence-electron chi connectivity index (χ0n) is 11.1. The molecule has 7 nitrogen and oxygen atoms in total. The predicted molar refractivity (Wildman–Crippen MR) is 73.3 cm³/mol. The standard InChI is InChI=1S/C11H16N2O5S2/c1-3-8(11(15)18-2)10(14)13-6-7-4-5-9(19-7)20(12,16)17/h4-5,8H,3,6H2,1-2H3,(H,13,14)(H2,12,16,17). The highest BCUT2D eigenvalue weighted by Gasteiger charge is 2.25. The van der Waals surface area contributed by atoms with Gasteiger partial charge in [0.2, 0.25) is 15.9 Å². The van der Waals surface area contributed by atoms with E-state index in [2.05, 4.69) is 10.1 Å². The van der Waals surface area contributed by atoms with Gasteiger partial charge >= 0.3 is 5.97 Å². The topological polar surface area (TPSA) is 116 Å². The molecule has 1 rings (SSSR count). The molecule has 0 saturated heterocycles. The van der Waals surface area contributed by atoms with Gasteiger partial charge < -0.3 is 10.1 Å². The van der Waals surface area contributed by atoms with Gasteiger partial charge in [-0.3, -0.25) is 9.59 Å². The summed E-state index contributed by atoms with van der Waals surface area (Å²) in [6.45, 7) is 1.83. The molecule has 0 spiro atoms. The van der Waals surface area contributed by atoms with Gasteiger partial charge in [0.1, 0.15) is 10.1 Å². The number of primary sulfonamides is 1. The van der Waals surface area contributed by atoms with Crippen LogP contribution in [0.3, 0.4) is 0 Å². The molecular weight excluding hydrogens is 304 g/mol. The lowest BCUT2D eigenvalue weighted by atomic mass is 10.1. The summed E-state index contributed by atoms with van der Waals surface area (Å²) in [7, 11) is -2.51. The summed E-state index contributed by atoms with van der Waals surface area (Å²) < 4.78 is 26.8. The molecule has 0 saturated carbocycles. The first-order chi connectivity index (χ1) is 9.29. The van der Waals surface area contributed by atoms with Crippen molar-refractivity contribution in [1.82, 2.24) is 5.32 Å². The lowest BCUT2D eigenvalue weighted by molar-refractivity contribution is -0.150. The molecule has 3 N–H and O–H groups in total. The third kappa shape index (κ3) is 4.29. The number of nitrogens with two attached hydrogens (primary N) is 1. The minimum Gasteiger partial charge on any atom is -0.468 e. The fourth-order valence-corrected chi connectivity index (χ4v) is 3.22. The molecule has 0 radical (unpaired) electrons. The molecule has 1 aromatic heterocycles. The molecule has 112 valence electrons. The van der Waals surface area contributed by atoms with Crippen molar-refractivity contribution in [3.8, 4) is 0 Å². The molecule has 9 heteroatoms. The van der Waals surface area contributed by atoms with Crippen LogP contribution in [0.4, 0.5) is 0 Å². The fraction of sp³-hybridized carbons (Fsp3) is 0.455. The minimum absolute atomic E-state index is 0.0294. The third-order valence-corrected chi connectivity index (χ3v) is 5.09. The van der Waals surface area contributed by atoms with Gasteiger partial charge in [-0.05, 0) is 18.6 Å². The second-order valence-corrected chi connectivity index (χ2v) is 6.92. The molecule has 1 amide bonds. The van der Waals surface area contributed by atoms with E-state index in [1.807, 2.05) is 0 Å². The van der Waals surface area contributed by atoms with Gasteiger partial charge in [-0.1, -0.05) is 6.92 Å². The number of carbonyl (C=O) groups is 2. The van der Waals surface area contributed by atoms with E-state index in [0.717, 1.165) is 11.3 Å². The van der Waals surface area contributed by atoms with Crippen molar-refractivity contribution in [2.24, 2.45) is 11.1 Å². The summed E-state index contributed by atoms with van der Waals surface area (Å²) in [5.41, 5.74) is 0. The molecule has 0 aliphatic carbocycles. The normalized spacial score (nSPS) is 12.8. The van der Waals surface area contributed by atoms with E-state index < -0.39 is 27.8 Å². The van der Waals surface area contributed by atoms with E-state index in [0.29, 0.717) is 11.3 Å². The smallest absolute Gasteiger partial charge is 0.318 e. The number of methoxy groups -OCH3 is 1. The summed E-state index contributed by atoms with van der Waals surface area (Å²) in [6.07, 6.45) is 0.325. The van der Waals surface area contributed by atoms with Crippen LogP contribution in [0.25, 0.3) is 0 Å². The molecule has 1 aromatic rings. The molecule has 0 bridgehead atoms. The highest BCUT2D eigenvalue weighted by atomic mass is 32.2. The van der Waals surface area contributed by atoms with Gasteiger partial charge in [-0.2, -0.15) is 0 Å². The van der Waals surface area contributed by atoms with Crippen molar-refractivity contribution in [2.45, 2.75) is 24.1 Å². The SMILES string of the molecule is CCC(C(=O)NCc1ccc(S(N)(=O)=O)s1)C(=O)OC. The van der Waals surface area contributed by atoms with Crippen molar-refractivity contribution in [3.63, 3.8) is 0 Å². The Morgan fingerprint density at radius 2 is 2.10 bits per heavy atom. The highest BCUT2D eigenvalue weighted by molar-refractivity contribution is 7.91. The number of amides is 1. The average Bonchev–Trinajstić information content (AvgIpc) is 2.85. The van der Waals surface area contributed by atoms with Crippen molar-refractivity contribution < 1.29 is 22.7 Å². The number of hydrogen-bond acceptors (Lipinski definition) is 6. The fourth-order valence-electron chi connectivity index (χ4n) is 1.50. The van der Waals surface area contributed by atoms with E-state index in [9.17, 15) is 18.0 Å². The Morgan fingerprint density at radius 1 is 1.45 bits per heavy atom. The second kappa shape index (κ2) is 6.82. The minimum atomic E-state index is -3.73. The van der Waals surface area contributed by atoms with E-state index >= 15 is 0 Å². The lowest BCUT2D eigenvalue weighted by Gasteiger charge is -2.12. The van der Waals surface area contributed by atoms with Crippen LogP contribution < -0.4 is 10.5 Å². The van der Waals surface area contributed by atoms with Gasteiger partial charge in [0.15, 0.2) is 0 Å². The Balaban J connectivity index is 2.65. The van der Waals surface area contributed by atoms with Gasteiger partial charge in [0.05, 0.1) is 13.7 Å². The number of ether oxygens (including phenoxy) is 1. The first-order valence-electron chi connectivity index (χ1n) is 5.76. The lowest BCUT2D eigenvalue weighted by Crippen LogP contribution is -2.35. The van der Waals surface area contributed by atoms with Crippen LogP contribution in [-0.4, -0.2) is 27.4 Å². The van der Waals surface area contributed by atoms with E-state index in [1.54, 1.807) is 13.0 Å².